The molecule has 0 aliphatic heterocycles. The molecule has 0 saturated heterocycles. The number of hydrogen-bond acceptors (Lipinski definition) is 4. The lowest BCUT2D eigenvalue weighted by molar-refractivity contribution is 0.282. The fraction of sp³-hybridized carbons (Fsp3) is 0.667. The van der Waals surface area contributed by atoms with Crippen molar-refractivity contribution in [3.8, 4) is 0 Å². The summed E-state index contributed by atoms with van der Waals surface area (Å²) >= 11 is 0. The van der Waals surface area contributed by atoms with Gasteiger partial charge in [0, 0.05) is 25.8 Å². The molecule has 5 heteroatoms. The van der Waals surface area contributed by atoms with E-state index in [1.807, 2.05) is 6.92 Å². The van der Waals surface area contributed by atoms with Crippen LogP contribution in [0.25, 0.3) is 0 Å². The van der Waals surface area contributed by atoms with Crippen molar-refractivity contribution >= 4 is 5.69 Å². The molecule has 96 valence electrons. The summed E-state index contributed by atoms with van der Waals surface area (Å²) in [5.41, 5.74) is 0.708. The Morgan fingerprint density at radius 3 is 2.76 bits per heavy atom. The number of nitrogens with zero attached hydrogens (tertiary/aromatic N) is 2. The Morgan fingerprint density at radius 1 is 1.35 bits per heavy atom. The molecule has 0 fully saturated rings. The second kappa shape index (κ2) is 7.84. The first kappa shape index (κ1) is 13.7. The highest BCUT2D eigenvalue weighted by molar-refractivity contribution is 5.38. The van der Waals surface area contributed by atoms with Gasteiger partial charge in [-0.05, 0) is 19.8 Å². The van der Waals surface area contributed by atoms with Crippen molar-refractivity contribution in [1.29, 1.82) is 0 Å². The number of aryl methyl sites for hydroxylation is 1. The molecule has 5 nitrogen and oxygen atoms in total. The highest BCUT2D eigenvalue weighted by atomic mass is 16.2. The molecule has 1 aromatic rings. The van der Waals surface area contributed by atoms with E-state index in [1.165, 1.54) is 4.68 Å². The molecular formula is C12H21N3O2. The Kier molecular flexibility index (Phi) is 6.32. The first-order chi connectivity index (χ1) is 8.27. The normalized spacial score (nSPS) is 10.5. The van der Waals surface area contributed by atoms with E-state index >= 15 is 0 Å². The molecule has 0 aliphatic rings. The van der Waals surface area contributed by atoms with E-state index in [1.54, 1.807) is 12.3 Å². The van der Waals surface area contributed by atoms with Gasteiger partial charge < -0.3 is 10.4 Å². The molecule has 0 radical (unpaired) electrons. The summed E-state index contributed by atoms with van der Waals surface area (Å²) in [5.74, 6) is 0. The Hall–Kier alpha value is -1.36. The lowest BCUT2D eigenvalue weighted by Crippen LogP contribution is -2.22. The average molecular weight is 239 g/mol. The molecule has 1 aromatic heterocycles. The number of aliphatic hydroxyl groups is 1. The van der Waals surface area contributed by atoms with Crippen molar-refractivity contribution < 1.29 is 5.11 Å². The van der Waals surface area contributed by atoms with E-state index in [4.69, 9.17) is 5.11 Å². The van der Waals surface area contributed by atoms with Crippen LogP contribution in [0.4, 0.5) is 5.69 Å². The van der Waals surface area contributed by atoms with E-state index in [9.17, 15) is 4.79 Å². The van der Waals surface area contributed by atoms with Gasteiger partial charge in [-0.3, -0.25) is 4.79 Å². The minimum absolute atomic E-state index is 0.0643. The standard InChI is InChI=1S/C12H21N3O2/c1-2-13-11-9-12(17)15(14-10-11)7-5-3-4-6-8-16/h9-10,13,16H,2-8H2,1H3. The van der Waals surface area contributed by atoms with Crippen LogP contribution in [-0.4, -0.2) is 28.0 Å². The number of aliphatic hydroxyl groups excluding tert-OH is 1. The zero-order valence-corrected chi connectivity index (χ0v) is 10.4. The largest absolute Gasteiger partial charge is 0.396 e. The number of nitrogens with one attached hydrogen (secondary N) is 1. The van der Waals surface area contributed by atoms with Crippen LogP contribution < -0.4 is 10.9 Å². The van der Waals surface area contributed by atoms with Gasteiger partial charge in [0.05, 0.1) is 11.9 Å². The van der Waals surface area contributed by atoms with Crippen LogP contribution in [0, 0.1) is 0 Å². The maximum Gasteiger partial charge on any atom is 0.268 e. The molecule has 0 atom stereocenters. The second-order valence-corrected chi connectivity index (χ2v) is 3.97. The summed E-state index contributed by atoms with van der Waals surface area (Å²) in [5, 5.41) is 15.8. The quantitative estimate of drug-likeness (QED) is 0.670. The van der Waals surface area contributed by atoms with Crippen molar-refractivity contribution in [3.05, 3.63) is 22.6 Å². The third-order valence-electron chi connectivity index (χ3n) is 2.53. The van der Waals surface area contributed by atoms with Crippen LogP contribution >= 0.6 is 0 Å². The summed E-state index contributed by atoms with van der Waals surface area (Å²) in [6.45, 7) is 3.66. The number of aromatic nitrogens is 2. The van der Waals surface area contributed by atoms with E-state index in [2.05, 4.69) is 10.4 Å². The van der Waals surface area contributed by atoms with Crippen LogP contribution in [-0.2, 0) is 6.54 Å². The Balaban J connectivity index is 2.41. The predicted molar refractivity (Wildman–Crippen MR) is 68.2 cm³/mol. The fourth-order valence-electron chi connectivity index (χ4n) is 1.63. The van der Waals surface area contributed by atoms with E-state index in [0.717, 1.165) is 37.9 Å². The lowest BCUT2D eigenvalue weighted by Gasteiger charge is -2.06. The molecule has 0 amide bonds. The number of rotatable bonds is 8. The predicted octanol–water partition coefficient (Wildman–Crippen LogP) is 1.23. The maximum absolute atomic E-state index is 11.7. The number of anilines is 1. The Bertz CT molecular complexity index is 376. The van der Waals surface area contributed by atoms with Gasteiger partial charge in [0.15, 0.2) is 0 Å². The van der Waals surface area contributed by atoms with Crippen LogP contribution in [0.2, 0.25) is 0 Å². The highest BCUT2D eigenvalue weighted by Crippen LogP contribution is 2.02. The highest BCUT2D eigenvalue weighted by Gasteiger charge is 1.99. The Labute approximate surface area is 101 Å². The molecule has 0 aliphatic carbocycles. The third kappa shape index (κ3) is 4.99. The van der Waals surface area contributed by atoms with Crippen LogP contribution in [0.15, 0.2) is 17.1 Å². The molecule has 1 heterocycles. The smallest absolute Gasteiger partial charge is 0.268 e. The molecule has 1 rings (SSSR count). The van der Waals surface area contributed by atoms with Gasteiger partial charge in [-0.25, -0.2) is 4.68 Å². The van der Waals surface area contributed by atoms with E-state index in [-0.39, 0.29) is 12.2 Å². The summed E-state index contributed by atoms with van der Waals surface area (Å²) in [6.07, 6.45) is 5.46. The fourth-order valence-corrected chi connectivity index (χ4v) is 1.63. The van der Waals surface area contributed by atoms with E-state index < -0.39 is 0 Å². The van der Waals surface area contributed by atoms with Crippen molar-refractivity contribution in [3.63, 3.8) is 0 Å². The van der Waals surface area contributed by atoms with Gasteiger partial charge in [0.25, 0.3) is 5.56 Å². The van der Waals surface area contributed by atoms with Crippen molar-refractivity contribution in [1.82, 2.24) is 9.78 Å². The van der Waals surface area contributed by atoms with Crippen LogP contribution in [0.3, 0.4) is 0 Å². The molecule has 0 saturated carbocycles. The van der Waals surface area contributed by atoms with Gasteiger partial charge in [-0.2, -0.15) is 5.10 Å². The number of unbranched alkanes of at least 4 members (excludes halogenated alkanes) is 3. The summed E-state index contributed by atoms with van der Waals surface area (Å²) in [6, 6.07) is 1.57. The molecule has 0 unspecified atom stereocenters. The Morgan fingerprint density at radius 2 is 2.12 bits per heavy atom. The van der Waals surface area contributed by atoms with Crippen molar-refractivity contribution in [2.24, 2.45) is 0 Å². The van der Waals surface area contributed by atoms with Crippen molar-refractivity contribution in [2.45, 2.75) is 39.2 Å². The molecule has 2 N–H and O–H groups in total. The molecule has 0 aromatic carbocycles. The van der Waals surface area contributed by atoms with Gasteiger partial charge >= 0.3 is 0 Å². The first-order valence-corrected chi connectivity index (χ1v) is 6.20. The van der Waals surface area contributed by atoms with Crippen LogP contribution in [0.1, 0.15) is 32.6 Å². The first-order valence-electron chi connectivity index (χ1n) is 6.20. The SMILES string of the molecule is CCNc1cnn(CCCCCCO)c(=O)c1. The minimum atomic E-state index is -0.0643. The molecule has 17 heavy (non-hydrogen) atoms. The monoisotopic (exact) mass is 239 g/mol. The summed E-state index contributed by atoms with van der Waals surface area (Å²) in [4.78, 5) is 11.7. The minimum Gasteiger partial charge on any atom is -0.396 e. The van der Waals surface area contributed by atoms with Gasteiger partial charge in [-0.15, -0.1) is 0 Å². The topological polar surface area (TPSA) is 67.2 Å². The zero-order chi connectivity index (χ0) is 12.5. The average Bonchev–Trinajstić information content (AvgIpc) is 2.32. The molecular weight excluding hydrogens is 218 g/mol. The summed E-state index contributed by atoms with van der Waals surface area (Å²) in [7, 11) is 0. The number of hydrogen-bond donors (Lipinski definition) is 2. The van der Waals surface area contributed by atoms with Gasteiger partial charge in [0.2, 0.25) is 0 Å². The summed E-state index contributed by atoms with van der Waals surface area (Å²) < 4.78 is 1.49. The third-order valence-corrected chi connectivity index (χ3v) is 2.53. The molecule has 0 spiro atoms. The lowest BCUT2D eigenvalue weighted by atomic mass is 10.2. The van der Waals surface area contributed by atoms with Crippen molar-refractivity contribution in [2.75, 3.05) is 18.5 Å². The van der Waals surface area contributed by atoms with Crippen LogP contribution in [0.5, 0.6) is 0 Å². The van der Waals surface area contributed by atoms with E-state index in [0.29, 0.717) is 6.54 Å². The van der Waals surface area contributed by atoms with Gasteiger partial charge in [-0.1, -0.05) is 12.8 Å². The maximum atomic E-state index is 11.7. The zero-order valence-electron chi connectivity index (χ0n) is 10.4. The van der Waals surface area contributed by atoms with Gasteiger partial charge in [0.1, 0.15) is 0 Å². The molecule has 0 bridgehead atoms. The second-order valence-electron chi connectivity index (χ2n) is 3.97.